The van der Waals surface area contributed by atoms with E-state index in [4.69, 9.17) is 0 Å². The molecule has 1 aliphatic rings. The molecule has 214 valence electrons. The van der Waals surface area contributed by atoms with Crippen molar-refractivity contribution in [1.29, 1.82) is 0 Å². The molecule has 5 aromatic rings. The van der Waals surface area contributed by atoms with Gasteiger partial charge in [0.25, 0.3) is 5.01 Å². The van der Waals surface area contributed by atoms with Crippen LogP contribution in [0.5, 0.6) is 0 Å². The molecule has 0 spiro atoms. The summed E-state index contributed by atoms with van der Waals surface area (Å²) in [6.07, 6.45) is 6.40. The quantitative estimate of drug-likeness (QED) is 0.106. The Morgan fingerprint density at radius 3 is 2.07 bits per heavy atom. The minimum Gasteiger partial charge on any atom is -0.493 e. The summed E-state index contributed by atoms with van der Waals surface area (Å²) in [6, 6.07) is 30.8. The van der Waals surface area contributed by atoms with E-state index in [9.17, 15) is 10.2 Å². The lowest BCUT2D eigenvalue weighted by Gasteiger charge is -2.17. The van der Waals surface area contributed by atoms with Gasteiger partial charge in [-0.2, -0.15) is 4.57 Å². The van der Waals surface area contributed by atoms with Gasteiger partial charge in [-0.3, -0.25) is 0 Å². The standard InChI is InChI=1S/C35H30N4O2S2/c1-3-38-28-20-18-26(36-34(40)24-12-7-5-8-13-24)22-30(28)42-32(38)16-11-17-33-39(4-2)29-21-19-27(23-31(29)43-33)37-35(41)25-14-9-6-10-15-25/h5-23H,3-4H2,1-2H3,(H-,36,37,40,41)/p+1. The molecule has 4 aromatic carbocycles. The van der Waals surface area contributed by atoms with Gasteiger partial charge in [-0.25, -0.2) is 9.98 Å². The van der Waals surface area contributed by atoms with Crippen LogP contribution < -0.4 is 9.47 Å². The fraction of sp³-hybridized carbons (Fsp3) is 0.114. The van der Waals surface area contributed by atoms with Crippen LogP contribution in [0.4, 0.5) is 17.1 Å². The van der Waals surface area contributed by atoms with Crippen molar-refractivity contribution in [3.63, 3.8) is 0 Å². The topological polar surface area (TPSA) is 72.3 Å². The van der Waals surface area contributed by atoms with Gasteiger partial charge in [0.05, 0.1) is 22.1 Å². The first kappa shape index (κ1) is 28.5. The number of anilines is 1. The molecule has 6 rings (SSSR count). The third-order valence-corrected chi connectivity index (χ3v) is 9.30. The number of thioether (sulfide) groups is 1. The lowest BCUT2D eigenvalue weighted by molar-refractivity contribution is -0.665. The van der Waals surface area contributed by atoms with Crippen molar-refractivity contribution < 1.29 is 14.8 Å². The monoisotopic (exact) mass is 603 g/mol. The summed E-state index contributed by atoms with van der Waals surface area (Å²) in [6.45, 7) is 5.98. The van der Waals surface area contributed by atoms with Crippen molar-refractivity contribution in [2.45, 2.75) is 25.3 Å². The van der Waals surface area contributed by atoms with Crippen LogP contribution in [0.25, 0.3) is 16.3 Å². The largest absolute Gasteiger partial charge is 0.493 e. The van der Waals surface area contributed by atoms with E-state index in [1.807, 2.05) is 84.9 Å². The number of benzene rings is 4. The lowest BCUT2D eigenvalue weighted by atomic mass is 10.2. The number of hydrogen-bond acceptors (Lipinski definition) is 5. The maximum atomic E-state index is 10.5. The Labute approximate surface area is 259 Å². The van der Waals surface area contributed by atoms with Crippen molar-refractivity contribution in [1.82, 2.24) is 0 Å². The van der Waals surface area contributed by atoms with Gasteiger partial charge in [-0.15, -0.1) is 0 Å². The second-order valence-electron chi connectivity index (χ2n) is 9.80. The van der Waals surface area contributed by atoms with Crippen LogP contribution in [-0.4, -0.2) is 28.6 Å². The van der Waals surface area contributed by atoms with Crippen molar-refractivity contribution in [2.75, 3.05) is 11.4 Å². The molecule has 0 radical (unpaired) electrons. The molecule has 1 aliphatic heterocycles. The SMILES string of the molecule is CCN1C(=CC=Cc2sc3cc(N=C(O)c4ccccc4)ccc3[n+]2CC)Sc2cc(N=C(O)c3ccccc3)ccc21. The molecule has 0 amide bonds. The maximum absolute atomic E-state index is 10.5. The van der Waals surface area contributed by atoms with Gasteiger partial charge < -0.3 is 15.1 Å². The summed E-state index contributed by atoms with van der Waals surface area (Å²) in [4.78, 5) is 12.3. The zero-order chi connectivity index (χ0) is 29.8. The van der Waals surface area contributed by atoms with Crippen molar-refractivity contribution in [3.05, 3.63) is 130 Å². The second kappa shape index (κ2) is 12.7. The van der Waals surface area contributed by atoms with E-state index < -0.39 is 0 Å². The first-order chi connectivity index (χ1) is 21.0. The molecule has 1 aromatic heterocycles. The number of thiazole rings is 1. The molecular formula is C35H31N4O2S2+. The number of fused-ring (bicyclic) bond motifs is 2. The van der Waals surface area contributed by atoms with E-state index in [0.717, 1.165) is 55.3 Å². The van der Waals surface area contributed by atoms with E-state index in [1.54, 1.807) is 23.1 Å². The fourth-order valence-corrected chi connectivity index (χ4v) is 7.33. The molecule has 2 N–H and O–H groups in total. The van der Waals surface area contributed by atoms with Crippen LogP contribution >= 0.6 is 23.1 Å². The molecule has 8 heteroatoms. The summed E-state index contributed by atoms with van der Waals surface area (Å²) < 4.78 is 3.40. The summed E-state index contributed by atoms with van der Waals surface area (Å²) in [5.41, 5.74) is 5.10. The highest BCUT2D eigenvalue weighted by Gasteiger charge is 2.24. The normalized spacial score (nSPS) is 14.7. The molecular weight excluding hydrogens is 573 g/mol. The molecule has 43 heavy (non-hydrogen) atoms. The molecule has 0 fully saturated rings. The van der Waals surface area contributed by atoms with Gasteiger partial charge in [0.2, 0.25) is 17.3 Å². The highest BCUT2D eigenvalue weighted by atomic mass is 32.2. The molecule has 6 nitrogen and oxygen atoms in total. The predicted octanol–water partition coefficient (Wildman–Crippen LogP) is 8.97. The summed E-state index contributed by atoms with van der Waals surface area (Å²) in [7, 11) is 0. The highest BCUT2D eigenvalue weighted by molar-refractivity contribution is 8.03. The second-order valence-corrected chi connectivity index (χ2v) is 11.9. The first-order valence-corrected chi connectivity index (χ1v) is 15.8. The Kier molecular flexibility index (Phi) is 8.40. The average Bonchev–Trinajstić information content (AvgIpc) is 3.57. The number of nitrogens with zero attached hydrogens (tertiary/aromatic N) is 4. The third-order valence-electron chi connectivity index (χ3n) is 7.07. The molecule has 0 atom stereocenters. The van der Waals surface area contributed by atoms with Gasteiger partial charge in [-0.05, 0) is 74.5 Å². The molecule has 0 aliphatic carbocycles. The van der Waals surface area contributed by atoms with Crippen molar-refractivity contribution in [2.24, 2.45) is 9.98 Å². The Morgan fingerprint density at radius 2 is 1.44 bits per heavy atom. The van der Waals surface area contributed by atoms with Gasteiger partial charge in [0.1, 0.15) is 11.2 Å². The number of aliphatic hydroxyl groups is 2. The van der Waals surface area contributed by atoms with Crippen LogP contribution in [0.3, 0.4) is 0 Å². The van der Waals surface area contributed by atoms with Crippen molar-refractivity contribution in [3.8, 4) is 0 Å². The van der Waals surface area contributed by atoms with E-state index in [-0.39, 0.29) is 11.8 Å². The average molecular weight is 604 g/mol. The van der Waals surface area contributed by atoms with Crippen LogP contribution in [0.15, 0.2) is 129 Å². The summed E-state index contributed by atoms with van der Waals surface area (Å²) in [5, 5.41) is 23.3. The van der Waals surface area contributed by atoms with Gasteiger partial charge in [-0.1, -0.05) is 65.6 Å². The Morgan fingerprint density at radius 1 is 0.814 bits per heavy atom. The predicted molar refractivity (Wildman–Crippen MR) is 181 cm³/mol. The van der Waals surface area contributed by atoms with Crippen LogP contribution in [0, 0.1) is 0 Å². The third kappa shape index (κ3) is 6.11. The Bertz CT molecular complexity index is 1890. The molecule has 0 bridgehead atoms. The molecule has 0 unspecified atom stereocenters. The van der Waals surface area contributed by atoms with E-state index in [2.05, 4.69) is 63.7 Å². The fourth-order valence-electron chi connectivity index (χ4n) is 4.99. The van der Waals surface area contributed by atoms with Crippen molar-refractivity contribution >= 4 is 68.2 Å². The zero-order valence-corrected chi connectivity index (χ0v) is 25.5. The van der Waals surface area contributed by atoms with E-state index in [1.165, 1.54) is 0 Å². The smallest absolute Gasteiger partial charge is 0.262 e. The van der Waals surface area contributed by atoms with Crippen LogP contribution in [0.1, 0.15) is 30.0 Å². The first-order valence-electron chi connectivity index (χ1n) is 14.1. The minimum atomic E-state index is 0.00840. The van der Waals surface area contributed by atoms with Gasteiger partial charge in [0, 0.05) is 34.7 Å². The van der Waals surface area contributed by atoms with Crippen LogP contribution in [-0.2, 0) is 6.54 Å². The molecule has 0 saturated carbocycles. The zero-order valence-electron chi connectivity index (χ0n) is 23.9. The minimum absolute atomic E-state index is 0.00840. The number of aliphatic imine (C=N–C) groups is 2. The number of aliphatic hydroxyl groups excluding tert-OH is 2. The number of rotatable bonds is 8. The maximum Gasteiger partial charge on any atom is 0.262 e. The summed E-state index contributed by atoms with van der Waals surface area (Å²) >= 11 is 3.41. The summed E-state index contributed by atoms with van der Waals surface area (Å²) in [5.74, 6) is 0.0168. The number of aromatic nitrogens is 1. The number of aryl methyl sites for hydroxylation is 1. The van der Waals surface area contributed by atoms with Gasteiger partial charge >= 0.3 is 0 Å². The Hall–Kier alpha value is -4.66. The number of allylic oxidation sites excluding steroid dienone is 2. The lowest BCUT2D eigenvalue weighted by Crippen LogP contribution is -2.33. The highest BCUT2D eigenvalue weighted by Crippen LogP contribution is 2.47. The Balaban J connectivity index is 1.23. The van der Waals surface area contributed by atoms with E-state index in [0.29, 0.717) is 11.1 Å². The van der Waals surface area contributed by atoms with E-state index >= 15 is 0 Å². The van der Waals surface area contributed by atoms with Gasteiger partial charge in [0.15, 0.2) is 0 Å². The molecule has 2 heterocycles. The molecule has 0 saturated heterocycles. The van der Waals surface area contributed by atoms with Crippen LogP contribution in [0.2, 0.25) is 0 Å². The number of hydrogen-bond donors (Lipinski definition) is 2.